The van der Waals surface area contributed by atoms with Crippen LogP contribution < -0.4 is 5.69 Å². The molecule has 1 aliphatic rings. The number of carbonyl (C=O) groups is 1. The lowest BCUT2D eigenvalue weighted by molar-refractivity contribution is 0.111. The second kappa shape index (κ2) is 11.6. The van der Waals surface area contributed by atoms with E-state index in [1.807, 2.05) is 13.1 Å². The van der Waals surface area contributed by atoms with Gasteiger partial charge in [0.2, 0.25) is 0 Å². The van der Waals surface area contributed by atoms with Gasteiger partial charge >= 0.3 is 5.69 Å². The van der Waals surface area contributed by atoms with E-state index in [0.29, 0.717) is 23.2 Å². The van der Waals surface area contributed by atoms with Crippen molar-refractivity contribution in [3.8, 4) is 23.0 Å². The number of aldehydes is 1. The van der Waals surface area contributed by atoms with Crippen LogP contribution in [0.2, 0.25) is 0 Å². The summed E-state index contributed by atoms with van der Waals surface area (Å²) >= 11 is 0. The lowest BCUT2D eigenvalue weighted by Gasteiger charge is -2.29. The van der Waals surface area contributed by atoms with Gasteiger partial charge in [-0.1, -0.05) is 0 Å². The van der Waals surface area contributed by atoms with Crippen LogP contribution in [0, 0.1) is 28.8 Å². The largest absolute Gasteiger partial charge is 0.326 e. The molecule has 3 aromatic heterocycles. The number of hydrogen-bond donors (Lipinski definition) is 1. The van der Waals surface area contributed by atoms with E-state index in [0.717, 1.165) is 37.6 Å². The summed E-state index contributed by atoms with van der Waals surface area (Å²) < 4.78 is 43.6. The van der Waals surface area contributed by atoms with Crippen LogP contribution in [0.5, 0.6) is 0 Å². The minimum atomic E-state index is -0.949. The van der Waals surface area contributed by atoms with Crippen LogP contribution in [-0.4, -0.2) is 55.6 Å². The first-order chi connectivity index (χ1) is 19.8. The Balaban J connectivity index is 0.000000166. The molecule has 1 aliphatic heterocycles. The first-order valence-electron chi connectivity index (χ1n) is 12.7. The Hall–Kier alpha value is -5.02. The molecule has 0 atom stereocenters. The highest BCUT2D eigenvalue weighted by Gasteiger charge is 2.24. The highest BCUT2D eigenvalue weighted by Crippen LogP contribution is 2.27. The number of likely N-dealkylation sites (tertiary alicyclic amines) is 1. The van der Waals surface area contributed by atoms with Crippen molar-refractivity contribution in [1.82, 2.24) is 29.2 Å². The minimum Gasteiger partial charge on any atom is -0.306 e. The molecule has 4 heterocycles. The van der Waals surface area contributed by atoms with Gasteiger partial charge in [-0.25, -0.2) is 22.6 Å². The van der Waals surface area contributed by atoms with Gasteiger partial charge in [-0.3, -0.25) is 14.3 Å². The molecule has 208 valence electrons. The van der Waals surface area contributed by atoms with Crippen LogP contribution in [0.1, 0.15) is 34.9 Å². The summed E-state index contributed by atoms with van der Waals surface area (Å²) in [6.07, 6.45) is 5.43. The Morgan fingerprint density at radius 3 is 2.51 bits per heavy atom. The number of carbonyl (C=O) groups excluding carboxylic acids is 1. The van der Waals surface area contributed by atoms with Crippen LogP contribution in [0.4, 0.5) is 13.2 Å². The molecule has 2 aromatic carbocycles. The van der Waals surface area contributed by atoms with Crippen molar-refractivity contribution in [2.24, 2.45) is 0 Å². The number of piperidine rings is 1. The number of pyridine rings is 1. The maximum atomic E-state index is 13.9. The normalized spacial score (nSPS) is 13.9. The molecule has 0 spiro atoms. The average Bonchev–Trinajstić information content (AvgIpc) is 3.58. The zero-order valence-corrected chi connectivity index (χ0v) is 21.9. The van der Waals surface area contributed by atoms with Crippen LogP contribution in [0.15, 0.2) is 65.7 Å². The molecule has 1 N–H and O–H groups in total. The molecule has 0 bridgehead atoms. The van der Waals surface area contributed by atoms with Gasteiger partial charge in [0, 0.05) is 24.0 Å². The topological polar surface area (TPSA) is 113 Å². The number of aromatic nitrogens is 5. The maximum absolute atomic E-state index is 13.9. The molecule has 0 radical (unpaired) electrons. The number of rotatable bonds is 4. The Kier molecular flexibility index (Phi) is 7.80. The summed E-state index contributed by atoms with van der Waals surface area (Å²) in [4.78, 5) is 31.8. The third-order valence-corrected chi connectivity index (χ3v) is 6.94. The van der Waals surface area contributed by atoms with Crippen molar-refractivity contribution in [3.63, 3.8) is 0 Å². The number of hydrogen-bond acceptors (Lipinski definition) is 6. The summed E-state index contributed by atoms with van der Waals surface area (Å²) in [5.74, 6) is -2.47. The predicted molar refractivity (Wildman–Crippen MR) is 145 cm³/mol. The first-order valence-corrected chi connectivity index (χ1v) is 12.7. The van der Waals surface area contributed by atoms with Crippen molar-refractivity contribution < 1.29 is 18.0 Å². The SMILES string of the molecule is CN1CCC(n2c(=O)[nH]c3ccc(F)c(F)c32)CC1.N#Cc1cc(-n2nc(C=O)cc2-c2cccnc2)ccc1F. The Morgan fingerprint density at radius 2 is 1.83 bits per heavy atom. The molecule has 6 rings (SSSR count). The third kappa shape index (κ3) is 5.53. The molecule has 1 saturated heterocycles. The van der Waals surface area contributed by atoms with Crippen molar-refractivity contribution >= 4 is 17.3 Å². The summed E-state index contributed by atoms with van der Waals surface area (Å²) in [6, 6.07) is 13.4. The molecular formula is C29H24F3N7O2. The van der Waals surface area contributed by atoms with E-state index < -0.39 is 17.5 Å². The summed E-state index contributed by atoms with van der Waals surface area (Å²) in [5.41, 5.74) is 2.07. The van der Waals surface area contributed by atoms with Gasteiger partial charge in [0.05, 0.1) is 22.5 Å². The Labute approximate surface area is 232 Å². The fourth-order valence-corrected chi connectivity index (χ4v) is 4.86. The maximum Gasteiger partial charge on any atom is 0.326 e. The van der Waals surface area contributed by atoms with Crippen LogP contribution in [-0.2, 0) is 0 Å². The number of benzene rings is 2. The van der Waals surface area contributed by atoms with E-state index in [-0.39, 0.29) is 28.5 Å². The van der Waals surface area contributed by atoms with Crippen LogP contribution in [0.3, 0.4) is 0 Å². The number of H-pyrrole nitrogens is 1. The summed E-state index contributed by atoms with van der Waals surface area (Å²) in [6.45, 7) is 1.70. The second-order valence-electron chi connectivity index (χ2n) is 9.59. The van der Waals surface area contributed by atoms with Crippen LogP contribution >= 0.6 is 0 Å². The monoisotopic (exact) mass is 559 g/mol. The van der Waals surface area contributed by atoms with Crippen molar-refractivity contribution in [3.05, 3.63) is 100 Å². The first kappa shape index (κ1) is 27.5. The lowest BCUT2D eigenvalue weighted by Crippen LogP contribution is -2.34. The number of nitriles is 1. The van der Waals surface area contributed by atoms with E-state index in [2.05, 4.69) is 20.0 Å². The number of halogens is 3. The Morgan fingerprint density at radius 1 is 1.07 bits per heavy atom. The molecule has 9 nitrogen and oxygen atoms in total. The van der Waals surface area contributed by atoms with Crippen molar-refractivity contribution in [1.29, 1.82) is 5.26 Å². The highest BCUT2D eigenvalue weighted by atomic mass is 19.2. The fourth-order valence-electron chi connectivity index (χ4n) is 4.86. The fraction of sp³-hybridized carbons (Fsp3) is 0.207. The molecule has 1 fully saturated rings. The van der Waals surface area contributed by atoms with E-state index in [4.69, 9.17) is 5.26 Å². The third-order valence-electron chi connectivity index (χ3n) is 6.94. The zero-order valence-electron chi connectivity index (χ0n) is 21.9. The molecular weight excluding hydrogens is 535 g/mol. The number of fused-ring (bicyclic) bond motifs is 1. The van der Waals surface area contributed by atoms with Gasteiger partial charge in [-0.2, -0.15) is 10.4 Å². The minimum absolute atomic E-state index is 0.0551. The average molecular weight is 560 g/mol. The number of imidazole rings is 1. The lowest BCUT2D eigenvalue weighted by atomic mass is 10.1. The number of nitrogens with one attached hydrogen (secondary N) is 1. The Bertz CT molecular complexity index is 1810. The van der Waals surface area contributed by atoms with Crippen LogP contribution in [0.25, 0.3) is 28.0 Å². The van der Waals surface area contributed by atoms with E-state index in [9.17, 15) is 22.8 Å². The van der Waals surface area contributed by atoms with E-state index in [1.54, 1.807) is 30.6 Å². The molecule has 5 aromatic rings. The van der Waals surface area contributed by atoms with Gasteiger partial charge in [0.1, 0.15) is 23.1 Å². The molecule has 41 heavy (non-hydrogen) atoms. The van der Waals surface area contributed by atoms with Crippen molar-refractivity contribution in [2.45, 2.75) is 18.9 Å². The summed E-state index contributed by atoms with van der Waals surface area (Å²) in [7, 11) is 2.01. The smallest absolute Gasteiger partial charge is 0.306 e. The predicted octanol–water partition coefficient (Wildman–Crippen LogP) is 4.63. The molecule has 0 unspecified atom stereocenters. The number of aromatic amines is 1. The second-order valence-corrected chi connectivity index (χ2v) is 9.59. The van der Waals surface area contributed by atoms with Gasteiger partial charge in [-0.15, -0.1) is 0 Å². The molecule has 0 aliphatic carbocycles. The van der Waals surface area contributed by atoms with Gasteiger partial charge < -0.3 is 9.88 Å². The van der Waals surface area contributed by atoms with E-state index in [1.165, 1.54) is 33.5 Å². The summed E-state index contributed by atoms with van der Waals surface area (Å²) in [5, 5.41) is 13.1. The van der Waals surface area contributed by atoms with Gasteiger partial charge in [0.25, 0.3) is 0 Å². The highest BCUT2D eigenvalue weighted by molar-refractivity contribution is 5.77. The quantitative estimate of drug-likeness (QED) is 0.321. The van der Waals surface area contributed by atoms with Gasteiger partial charge in [0.15, 0.2) is 17.9 Å². The standard InChI is InChI=1S/C16H9FN4O.C13H15F2N3O/c17-15-4-3-14(6-12(15)8-18)21-16(7-13(10-22)20-21)11-2-1-5-19-9-11;1-17-6-4-8(5-7-17)18-12-10(16-13(18)19)3-2-9(14)11(12)15/h1-7,9-10H;2-3,8H,4-7H2,1H3,(H,16,19). The van der Waals surface area contributed by atoms with E-state index >= 15 is 0 Å². The number of nitrogens with zero attached hydrogens (tertiary/aromatic N) is 6. The van der Waals surface area contributed by atoms with Crippen molar-refractivity contribution in [2.75, 3.05) is 20.1 Å². The molecule has 12 heteroatoms. The molecule has 0 saturated carbocycles. The molecule has 0 amide bonds. The zero-order chi connectivity index (χ0) is 29.1. The van der Waals surface area contributed by atoms with Gasteiger partial charge in [-0.05, 0) is 81.5 Å².